The number of carbonyl (C=O) groups excluding carboxylic acids is 2. The monoisotopic (exact) mass is 452 g/mol. The molecule has 0 bridgehead atoms. The second-order valence-corrected chi connectivity index (χ2v) is 8.61. The Morgan fingerprint density at radius 3 is 2.55 bits per heavy atom. The number of carbonyl (C=O) groups is 2. The van der Waals surface area contributed by atoms with Crippen LogP contribution in [0, 0.1) is 0 Å². The number of hydrogen-bond acceptors (Lipinski definition) is 3. The van der Waals surface area contributed by atoms with Crippen LogP contribution >= 0.6 is 11.6 Å². The van der Waals surface area contributed by atoms with Gasteiger partial charge in [-0.25, -0.2) is 4.98 Å². The van der Waals surface area contributed by atoms with Crippen LogP contribution in [0.3, 0.4) is 0 Å². The van der Waals surface area contributed by atoms with Gasteiger partial charge in [0.2, 0.25) is 5.91 Å². The largest absolute Gasteiger partial charge is 0.419 e. The van der Waals surface area contributed by atoms with Gasteiger partial charge in [-0.15, -0.1) is 0 Å². The van der Waals surface area contributed by atoms with Crippen molar-refractivity contribution in [3.05, 3.63) is 46.0 Å². The number of halogens is 4. The molecule has 2 aromatic rings. The van der Waals surface area contributed by atoms with E-state index >= 15 is 0 Å². The number of imidazole rings is 1. The highest BCUT2D eigenvalue weighted by molar-refractivity contribution is 6.33. The molecule has 0 radical (unpaired) electrons. The SMILES string of the molecule is O=C(c1nc2c(C(F)(F)F)cc(C3CC3)cn2c1Cl)N1CC=C(N2CCCC2=O)CC1. The van der Waals surface area contributed by atoms with Crippen molar-refractivity contribution < 1.29 is 22.8 Å². The average Bonchev–Trinajstić information content (AvgIpc) is 3.42. The molecule has 2 aliphatic heterocycles. The van der Waals surface area contributed by atoms with Crippen molar-refractivity contribution in [2.45, 2.75) is 44.2 Å². The van der Waals surface area contributed by atoms with Crippen LogP contribution in [0.2, 0.25) is 5.15 Å². The van der Waals surface area contributed by atoms with E-state index in [1.54, 1.807) is 11.1 Å². The van der Waals surface area contributed by atoms with Crippen LogP contribution < -0.4 is 0 Å². The number of likely N-dealkylation sites (tertiary alicyclic amines) is 1. The molecule has 164 valence electrons. The number of pyridine rings is 1. The molecule has 2 fully saturated rings. The van der Waals surface area contributed by atoms with Crippen LogP contribution in [0.5, 0.6) is 0 Å². The van der Waals surface area contributed by atoms with Gasteiger partial charge in [0.1, 0.15) is 5.15 Å². The molecule has 2 aromatic heterocycles. The summed E-state index contributed by atoms with van der Waals surface area (Å²) >= 11 is 6.36. The summed E-state index contributed by atoms with van der Waals surface area (Å²) in [5, 5.41) is -0.113. The first-order valence-corrected chi connectivity index (χ1v) is 10.7. The molecule has 1 saturated heterocycles. The van der Waals surface area contributed by atoms with Crippen molar-refractivity contribution in [1.29, 1.82) is 0 Å². The zero-order chi connectivity index (χ0) is 21.9. The summed E-state index contributed by atoms with van der Waals surface area (Å²) in [7, 11) is 0. The van der Waals surface area contributed by atoms with Gasteiger partial charge in [0.25, 0.3) is 5.91 Å². The van der Waals surface area contributed by atoms with Crippen molar-refractivity contribution in [3.8, 4) is 0 Å². The van der Waals surface area contributed by atoms with E-state index < -0.39 is 17.6 Å². The van der Waals surface area contributed by atoms with Crippen molar-refractivity contribution >= 4 is 29.1 Å². The standard InChI is InChI=1S/C21H20ClF3N4O2/c22-18-17(20(31)27-8-5-14(6-9-27)28-7-1-2-16(28)30)26-19-15(21(23,24)25)10-13(11-29(18)19)12-3-4-12/h5,10-12H,1-4,6-9H2. The molecule has 0 unspecified atom stereocenters. The van der Waals surface area contributed by atoms with E-state index in [-0.39, 0.29) is 34.9 Å². The van der Waals surface area contributed by atoms with Crippen molar-refractivity contribution in [1.82, 2.24) is 19.2 Å². The number of alkyl halides is 3. The van der Waals surface area contributed by atoms with Gasteiger partial charge < -0.3 is 9.80 Å². The molecule has 4 heterocycles. The number of hydrogen-bond donors (Lipinski definition) is 0. The summed E-state index contributed by atoms with van der Waals surface area (Å²) in [4.78, 5) is 32.2. The summed E-state index contributed by atoms with van der Waals surface area (Å²) in [5.41, 5.74) is 0.0154. The molecule has 0 aromatic carbocycles. The van der Waals surface area contributed by atoms with E-state index in [0.29, 0.717) is 31.5 Å². The van der Waals surface area contributed by atoms with Gasteiger partial charge in [-0.1, -0.05) is 11.6 Å². The second-order valence-electron chi connectivity index (χ2n) is 8.25. The maximum absolute atomic E-state index is 13.7. The van der Waals surface area contributed by atoms with Crippen LogP contribution in [0.15, 0.2) is 24.0 Å². The fourth-order valence-corrected chi connectivity index (χ4v) is 4.56. The van der Waals surface area contributed by atoms with Gasteiger partial charge in [-0.3, -0.25) is 14.0 Å². The van der Waals surface area contributed by atoms with E-state index in [4.69, 9.17) is 11.6 Å². The third kappa shape index (κ3) is 3.58. The van der Waals surface area contributed by atoms with Crippen LogP contribution in [0.25, 0.3) is 5.65 Å². The molecular weight excluding hydrogens is 433 g/mol. The van der Waals surface area contributed by atoms with E-state index in [1.807, 2.05) is 6.08 Å². The normalized spacial score (nSPS) is 20.0. The van der Waals surface area contributed by atoms with E-state index in [2.05, 4.69) is 4.98 Å². The van der Waals surface area contributed by atoms with Crippen molar-refractivity contribution in [3.63, 3.8) is 0 Å². The molecule has 5 rings (SSSR count). The highest BCUT2D eigenvalue weighted by atomic mass is 35.5. The molecule has 10 heteroatoms. The Morgan fingerprint density at radius 1 is 1.19 bits per heavy atom. The Balaban J connectivity index is 1.46. The predicted octanol–water partition coefficient (Wildman–Crippen LogP) is 4.24. The van der Waals surface area contributed by atoms with Crippen molar-refractivity contribution in [2.75, 3.05) is 19.6 Å². The number of fused-ring (bicyclic) bond motifs is 1. The fourth-order valence-electron chi connectivity index (χ4n) is 4.31. The maximum atomic E-state index is 13.7. The molecule has 3 aliphatic rings. The van der Waals surface area contributed by atoms with Crippen LogP contribution in [-0.2, 0) is 11.0 Å². The first kappa shape index (κ1) is 20.4. The molecule has 1 saturated carbocycles. The van der Waals surface area contributed by atoms with Gasteiger partial charge in [-0.05, 0) is 42.9 Å². The van der Waals surface area contributed by atoms with Gasteiger partial charge in [-0.2, -0.15) is 13.2 Å². The smallest absolute Gasteiger partial charge is 0.333 e. The quantitative estimate of drug-likeness (QED) is 0.700. The summed E-state index contributed by atoms with van der Waals surface area (Å²) in [6.45, 7) is 1.28. The van der Waals surface area contributed by atoms with Crippen LogP contribution in [0.1, 0.15) is 59.6 Å². The minimum absolute atomic E-state index is 0.0839. The lowest BCUT2D eigenvalue weighted by molar-refractivity contribution is -0.136. The lowest BCUT2D eigenvalue weighted by Crippen LogP contribution is -2.38. The lowest BCUT2D eigenvalue weighted by atomic mass is 10.1. The first-order valence-electron chi connectivity index (χ1n) is 10.3. The van der Waals surface area contributed by atoms with Gasteiger partial charge in [0.05, 0.1) is 5.56 Å². The molecule has 2 amide bonds. The number of nitrogens with zero attached hydrogens (tertiary/aromatic N) is 4. The zero-order valence-corrected chi connectivity index (χ0v) is 17.3. The Labute approximate surface area is 181 Å². The van der Waals surface area contributed by atoms with Gasteiger partial charge >= 0.3 is 6.18 Å². The molecule has 0 spiro atoms. The van der Waals surface area contributed by atoms with E-state index in [1.165, 1.54) is 9.30 Å². The highest BCUT2D eigenvalue weighted by Crippen LogP contribution is 2.43. The summed E-state index contributed by atoms with van der Waals surface area (Å²) < 4.78 is 42.2. The first-order chi connectivity index (χ1) is 14.7. The van der Waals surface area contributed by atoms with Crippen LogP contribution in [0.4, 0.5) is 13.2 Å². The second kappa shape index (κ2) is 7.25. The Morgan fingerprint density at radius 2 is 1.97 bits per heavy atom. The molecule has 6 nitrogen and oxygen atoms in total. The third-order valence-electron chi connectivity index (χ3n) is 6.13. The minimum Gasteiger partial charge on any atom is -0.333 e. The van der Waals surface area contributed by atoms with Crippen LogP contribution in [-0.4, -0.2) is 50.6 Å². The van der Waals surface area contributed by atoms with Crippen molar-refractivity contribution in [2.24, 2.45) is 0 Å². The number of rotatable bonds is 3. The Kier molecular flexibility index (Phi) is 4.76. The highest BCUT2D eigenvalue weighted by Gasteiger charge is 2.38. The number of aromatic nitrogens is 2. The molecule has 0 N–H and O–H groups in total. The maximum Gasteiger partial charge on any atom is 0.419 e. The minimum atomic E-state index is -4.60. The fraction of sp³-hybridized carbons (Fsp3) is 0.476. The van der Waals surface area contributed by atoms with Gasteiger partial charge in [0, 0.05) is 44.4 Å². The summed E-state index contributed by atoms with van der Waals surface area (Å²) in [6, 6.07) is 1.12. The number of amides is 2. The summed E-state index contributed by atoms with van der Waals surface area (Å²) in [5.74, 6) is -0.347. The lowest BCUT2D eigenvalue weighted by Gasteiger charge is -2.29. The molecule has 31 heavy (non-hydrogen) atoms. The topological polar surface area (TPSA) is 57.9 Å². The predicted molar refractivity (Wildman–Crippen MR) is 107 cm³/mol. The van der Waals surface area contributed by atoms with E-state index in [0.717, 1.165) is 31.0 Å². The third-order valence-corrected chi connectivity index (χ3v) is 6.49. The van der Waals surface area contributed by atoms with Gasteiger partial charge in [0.15, 0.2) is 11.3 Å². The Bertz CT molecular complexity index is 1120. The molecule has 1 aliphatic carbocycles. The molecular formula is C21H20ClF3N4O2. The van der Waals surface area contributed by atoms with E-state index in [9.17, 15) is 22.8 Å². The Hall–Kier alpha value is -2.55. The summed E-state index contributed by atoms with van der Waals surface area (Å²) in [6.07, 6.45) is 2.30. The zero-order valence-electron chi connectivity index (χ0n) is 16.6. The average molecular weight is 453 g/mol. The molecule has 0 atom stereocenters.